The van der Waals surface area contributed by atoms with E-state index in [0.717, 1.165) is 22.4 Å². The Balaban J connectivity index is 1.68. The lowest BCUT2D eigenvalue weighted by Crippen LogP contribution is -2.29. The van der Waals surface area contributed by atoms with Crippen LogP contribution in [0.2, 0.25) is 0 Å². The summed E-state index contributed by atoms with van der Waals surface area (Å²) in [6.45, 7) is 2.65. The SMILES string of the molecule is C/C(=N/N1C(=O)CN(Cc2ccccc2)[C@@H]1c1ccc(N(C)C)cc1)c1ccc([N+](=O)[O-])cc1. The zero-order chi connectivity index (χ0) is 24.2. The molecule has 0 bridgehead atoms. The Kier molecular flexibility index (Phi) is 6.70. The van der Waals surface area contributed by atoms with E-state index in [9.17, 15) is 14.9 Å². The number of hydrogen-bond donors (Lipinski definition) is 0. The van der Waals surface area contributed by atoms with Gasteiger partial charge >= 0.3 is 0 Å². The Bertz CT molecular complexity index is 1190. The van der Waals surface area contributed by atoms with Gasteiger partial charge < -0.3 is 4.90 Å². The number of nitro benzene ring substituents is 1. The van der Waals surface area contributed by atoms with E-state index in [1.807, 2.05) is 73.6 Å². The van der Waals surface area contributed by atoms with Gasteiger partial charge in [0.25, 0.3) is 11.6 Å². The Morgan fingerprint density at radius 2 is 1.68 bits per heavy atom. The van der Waals surface area contributed by atoms with Crippen LogP contribution in [0.5, 0.6) is 0 Å². The fraction of sp³-hybridized carbons (Fsp3) is 0.231. The van der Waals surface area contributed by atoms with Crippen LogP contribution in [-0.2, 0) is 11.3 Å². The second-order valence-electron chi connectivity index (χ2n) is 8.48. The lowest BCUT2D eigenvalue weighted by atomic mass is 10.1. The molecule has 8 nitrogen and oxygen atoms in total. The zero-order valence-corrected chi connectivity index (χ0v) is 19.5. The lowest BCUT2D eigenvalue weighted by molar-refractivity contribution is -0.384. The molecule has 1 amide bonds. The molecule has 0 radical (unpaired) electrons. The van der Waals surface area contributed by atoms with Gasteiger partial charge in [0.1, 0.15) is 6.17 Å². The molecule has 3 aromatic carbocycles. The molecule has 0 aliphatic carbocycles. The highest BCUT2D eigenvalue weighted by atomic mass is 16.6. The monoisotopic (exact) mass is 457 g/mol. The summed E-state index contributed by atoms with van der Waals surface area (Å²) in [6, 6.07) is 24.4. The van der Waals surface area contributed by atoms with E-state index in [-0.39, 0.29) is 24.3 Å². The van der Waals surface area contributed by atoms with Crippen molar-refractivity contribution >= 4 is 23.0 Å². The van der Waals surface area contributed by atoms with Crippen molar-refractivity contribution in [3.05, 3.63) is 106 Å². The summed E-state index contributed by atoms with van der Waals surface area (Å²) in [5.74, 6) is -0.0983. The van der Waals surface area contributed by atoms with Crippen molar-refractivity contribution in [3.63, 3.8) is 0 Å². The van der Waals surface area contributed by atoms with Gasteiger partial charge in [0.15, 0.2) is 0 Å². The molecule has 1 aliphatic rings. The van der Waals surface area contributed by atoms with Crippen LogP contribution in [0.15, 0.2) is 84.0 Å². The minimum Gasteiger partial charge on any atom is -0.378 e. The minimum absolute atomic E-state index is 0.0155. The number of nitro groups is 1. The summed E-state index contributed by atoms with van der Waals surface area (Å²) in [7, 11) is 3.97. The number of hydrogen-bond acceptors (Lipinski definition) is 6. The number of carbonyl (C=O) groups excluding carboxylic acids is 1. The molecule has 4 rings (SSSR count). The summed E-state index contributed by atoms with van der Waals surface area (Å²) in [5.41, 5.74) is 4.50. The summed E-state index contributed by atoms with van der Waals surface area (Å²) >= 11 is 0. The number of non-ortho nitro benzene ring substituents is 1. The fourth-order valence-electron chi connectivity index (χ4n) is 4.03. The van der Waals surface area contributed by atoms with Crippen LogP contribution in [0.3, 0.4) is 0 Å². The van der Waals surface area contributed by atoms with Gasteiger partial charge in [-0.05, 0) is 47.9 Å². The summed E-state index contributed by atoms with van der Waals surface area (Å²) in [4.78, 5) is 27.8. The first-order chi connectivity index (χ1) is 16.3. The number of nitrogens with zero attached hydrogens (tertiary/aromatic N) is 5. The molecule has 0 N–H and O–H groups in total. The molecule has 174 valence electrons. The van der Waals surface area contributed by atoms with Crippen molar-refractivity contribution in [1.82, 2.24) is 9.91 Å². The molecule has 0 spiro atoms. The van der Waals surface area contributed by atoms with E-state index in [4.69, 9.17) is 0 Å². The van der Waals surface area contributed by atoms with Crippen LogP contribution < -0.4 is 4.90 Å². The number of rotatable bonds is 7. The van der Waals surface area contributed by atoms with E-state index in [0.29, 0.717) is 12.3 Å². The average Bonchev–Trinajstić information content (AvgIpc) is 3.14. The molecule has 3 aromatic rings. The smallest absolute Gasteiger partial charge is 0.269 e. The summed E-state index contributed by atoms with van der Waals surface area (Å²) < 4.78 is 0. The maximum Gasteiger partial charge on any atom is 0.269 e. The summed E-state index contributed by atoms with van der Waals surface area (Å²) in [5, 5.41) is 17.2. The molecule has 34 heavy (non-hydrogen) atoms. The van der Waals surface area contributed by atoms with Crippen LogP contribution in [0, 0.1) is 10.1 Å². The van der Waals surface area contributed by atoms with Gasteiger partial charge in [-0.15, -0.1) is 0 Å². The van der Waals surface area contributed by atoms with Crippen LogP contribution in [-0.4, -0.2) is 47.1 Å². The molecule has 0 saturated carbocycles. The van der Waals surface area contributed by atoms with Gasteiger partial charge in [0, 0.05) is 38.5 Å². The quantitative estimate of drug-likeness (QED) is 0.298. The van der Waals surface area contributed by atoms with Gasteiger partial charge in [0.2, 0.25) is 0 Å². The molecule has 0 aromatic heterocycles. The van der Waals surface area contributed by atoms with Gasteiger partial charge in [-0.25, -0.2) is 5.01 Å². The maximum absolute atomic E-state index is 13.1. The first kappa shape index (κ1) is 23.1. The number of carbonyl (C=O) groups is 1. The molecule has 1 atom stereocenters. The topological polar surface area (TPSA) is 82.3 Å². The van der Waals surface area contributed by atoms with E-state index in [2.05, 4.69) is 10.0 Å². The third kappa shape index (κ3) is 4.97. The molecule has 1 fully saturated rings. The Morgan fingerprint density at radius 1 is 1.03 bits per heavy atom. The highest BCUT2D eigenvalue weighted by molar-refractivity contribution is 5.99. The number of anilines is 1. The number of hydrazone groups is 1. The number of benzene rings is 3. The van der Waals surface area contributed by atoms with E-state index in [1.54, 1.807) is 19.1 Å². The van der Waals surface area contributed by atoms with Gasteiger partial charge in [-0.2, -0.15) is 5.10 Å². The van der Waals surface area contributed by atoms with Gasteiger partial charge in [-0.1, -0.05) is 42.5 Å². The van der Waals surface area contributed by atoms with Crippen molar-refractivity contribution in [2.75, 3.05) is 25.5 Å². The van der Waals surface area contributed by atoms with Crippen LogP contribution in [0.25, 0.3) is 0 Å². The normalized spacial score (nSPS) is 16.7. The molecule has 1 saturated heterocycles. The highest BCUT2D eigenvalue weighted by Crippen LogP contribution is 2.33. The number of amides is 1. The van der Waals surface area contributed by atoms with Crippen LogP contribution in [0.4, 0.5) is 11.4 Å². The molecule has 1 heterocycles. The zero-order valence-electron chi connectivity index (χ0n) is 19.5. The Labute approximate surface area is 198 Å². The van der Waals surface area contributed by atoms with Crippen molar-refractivity contribution in [2.45, 2.75) is 19.6 Å². The van der Waals surface area contributed by atoms with E-state index in [1.165, 1.54) is 17.1 Å². The lowest BCUT2D eigenvalue weighted by Gasteiger charge is -2.28. The first-order valence-corrected chi connectivity index (χ1v) is 11.0. The van der Waals surface area contributed by atoms with E-state index >= 15 is 0 Å². The third-order valence-electron chi connectivity index (χ3n) is 5.86. The average molecular weight is 458 g/mol. The van der Waals surface area contributed by atoms with Crippen LogP contribution in [0.1, 0.15) is 29.8 Å². The highest BCUT2D eigenvalue weighted by Gasteiger charge is 2.39. The predicted octanol–water partition coefficient (Wildman–Crippen LogP) is 4.43. The summed E-state index contributed by atoms with van der Waals surface area (Å²) in [6.07, 6.45) is -0.364. The first-order valence-electron chi connectivity index (χ1n) is 11.0. The molecule has 1 aliphatic heterocycles. The largest absolute Gasteiger partial charge is 0.378 e. The fourth-order valence-corrected chi connectivity index (χ4v) is 4.03. The minimum atomic E-state index is -0.435. The van der Waals surface area contributed by atoms with Crippen molar-refractivity contribution in [3.8, 4) is 0 Å². The third-order valence-corrected chi connectivity index (χ3v) is 5.86. The van der Waals surface area contributed by atoms with Crippen molar-refractivity contribution in [2.24, 2.45) is 5.10 Å². The van der Waals surface area contributed by atoms with Crippen LogP contribution >= 0.6 is 0 Å². The molecular formula is C26H27N5O3. The van der Waals surface area contributed by atoms with Gasteiger partial charge in [0.05, 0.1) is 17.2 Å². The van der Waals surface area contributed by atoms with Gasteiger partial charge in [-0.3, -0.25) is 19.8 Å². The molecule has 8 heteroatoms. The predicted molar refractivity (Wildman–Crippen MR) is 133 cm³/mol. The van der Waals surface area contributed by atoms with E-state index < -0.39 is 4.92 Å². The maximum atomic E-state index is 13.1. The molecular weight excluding hydrogens is 430 g/mol. The Morgan fingerprint density at radius 3 is 2.26 bits per heavy atom. The van der Waals surface area contributed by atoms with Crippen molar-refractivity contribution < 1.29 is 9.72 Å². The molecule has 0 unspecified atom stereocenters. The van der Waals surface area contributed by atoms with Crippen molar-refractivity contribution in [1.29, 1.82) is 0 Å². The Hall–Kier alpha value is -4.04. The second-order valence-corrected chi connectivity index (χ2v) is 8.48. The standard InChI is InChI=1S/C26H27N5O3/c1-19(21-9-15-24(16-10-21)31(33)34)27-30-25(32)18-29(17-20-7-5-4-6-8-20)26(30)22-11-13-23(14-12-22)28(2)3/h4-16,26H,17-18H2,1-3H3/b27-19-/t26-/m0/s1. The second kappa shape index (κ2) is 9.84.